The molecule has 4 amide bonds. The zero-order chi connectivity index (χ0) is 22.7. The topological polar surface area (TPSA) is 231 Å². The molecule has 0 aliphatic carbocycles. The first-order valence-corrected chi connectivity index (χ1v) is 9.54. The van der Waals surface area contributed by atoms with Crippen LogP contribution < -0.4 is 51.4 Å². The van der Waals surface area contributed by atoms with Crippen LogP contribution in [0.2, 0.25) is 0 Å². The fourth-order valence-electron chi connectivity index (χ4n) is 3.07. The molecule has 0 atom stereocenters. The number of fused-ring (bicyclic) bond motifs is 1. The van der Waals surface area contributed by atoms with Gasteiger partial charge < -0.3 is 9.66 Å². The summed E-state index contributed by atoms with van der Waals surface area (Å²) >= 11 is 0. The first-order chi connectivity index (χ1) is 14.5. The second kappa shape index (κ2) is 7.95. The summed E-state index contributed by atoms with van der Waals surface area (Å²) in [5.74, 6) is -3.19. The normalized spacial score (nSPS) is 15.5. The third-order valence-electron chi connectivity index (χ3n) is 4.32. The van der Waals surface area contributed by atoms with Gasteiger partial charge >= 0.3 is 41.3 Å². The molecule has 16 heteroatoms. The molecular formula is C16H8N5NaO9S. The Bertz CT molecular complexity index is 1500. The summed E-state index contributed by atoms with van der Waals surface area (Å²) in [7, 11) is -4.96. The average molecular weight is 469 g/mol. The van der Waals surface area contributed by atoms with Gasteiger partial charge in [0.1, 0.15) is 21.3 Å². The van der Waals surface area contributed by atoms with Crippen LogP contribution in [0.3, 0.4) is 0 Å². The average Bonchev–Trinajstić information content (AvgIpc) is 2.98. The number of aromatic amines is 2. The van der Waals surface area contributed by atoms with E-state index in [1.165, 1.54) is 0 Å². The molecule has 3 heterocycles. The second-order valence-corrected chi connectivity index (χ2v) is 7.59. The fourth-order valence-corrected chi connectivity index (χ4v) is 3.57. The number of H-pyrrole nitrogens is 2. The van der Waals surface area contributed by atoms with Crippen LogP contribution in [0.4, 0.5) is 4.79 Å². The van der Waals surface area contributed by atoms with Crippen molar-refractivity contribution in [2.24, 2.45) is 4.99 Å². The molecule has 1 fully saturated rings. The van der Waals surface area contributed by atoms with Crippen LogP contribution in [-0.4, -0.2) is 51.6 Å². The Hall–Kier alpha value is -3.37. The van der Waals surface area contributed by atoms with E-state index in [1.807, 2.05) is 20.6 Å². The Morgan fingerprint density at radius 1 is 0.938 bits per heavy atom. The summed E-state index contributed by atoms with van der Waals surface area (Å²) in [5, 5.41) is 13.7. The van der Waals surface area contributed by atoms with Gasteiger partial charge in [-0.3, -0.25) is 35.0 Å². The number of rotatable bonds is 2. The summed E-state index contributed by atoms with van der Waals surface area (Å²) in [6.07, 6.45) is 0. The van der Waals surface area contributed by atoms with E-state index in [1.54, 1.807) is 0 Å². The maximum absolute atomic E-state index is 12.3. The molecule has 4 rings (SSSR count). The predicted molar refractivity (Wildman–Crippen MR) is 98.0 cm³/mol. The fraction of sp³-hybridized carbons (Fsp3) is 0. The second-order valence-electron chi connectivity index (χ2n) is 6.21. The molecule has 14 nitrogen and oxygen atoms in total. The number of nitrogens with one attached hydrogen (secondary N) is 4. The summed E-state index contributed by atoms with van der Waals surface area (Å²) in [6, 6.07) is 1.70. The molecule has 5 N–H and O–H groups in total. The van der Waals surface area contributed by atoms with Gasteiger partial charge in [0, 0.05) is 11.1 Å². The van der Waals surface area contributed by atoms with Gasteiger partial charge in [0.15, 0.2) is 0 Å². The summed E-state index contributed by atoms with van der Waals surface area (Å²) < 4.78 is 34.3. The van der Waals surface area contributed by atoms with Crippen molar-refractivity contribution in [1.82, 2.24) is 20.6 Å². The molecule has 0 unspecified atom stereocenters. The van der Waals surface area contributed by atoms with Gasteiger partial charge in [-0.15, -0.1) is 0 Å². The summed E-state index contributed by atoms with van der Waals surface area (Å²) in [6.45, 7) is 0. The number of nitrogens with zero attached hydrogens (tertiary/aromatic N) is 1. The Balaban J connectivity index is 0.00000289. The maximum Gasteiger partial charge on any atom is 1.00 e. The number of hydrogen-bond acceptors (Lipinski definition) is 10. The van der Waals surface area contributed by atoms with Gasteiger partial charge in [0.2, 0.25) is 5.88 Å². The van der Waals surface area contributed by atoms with Crippen molar-refractivity contribution in [3.8, 4) is 5.88 Å². The number of imide groups is 2. The minimum absolute atomic E-state index is 0. The molecule has 1 aromatic carbocycles. The molecule has 0 spiro atoms. The van der Waals surface area contributed by atoms with E-state index in [0.29, 0.717) is 0 Å². The van der Waals surface area contributed by atoms with Crippen molar-refractivity contribution < 1.29 is 62.0 Å². The van der Waals surface area contributed by atoms with E-state index < -0.39 is 66.8 Å². The van der Waals surface area contributed by atoms with E-state index in [4.69, 9.17) is 0 Å². The van der Waals surface area contributed by atoms with E-state index >= 15 is 0 Å². The number of benzene rings is 1. The first kappa shape index (κ1) is 23.3. The van der Waals surface area contributed by atoms with Gasteiger partial charge in [-0.1, -0.05) is 6.07 Å². The summed E-state index contributed by atoms with van der Waals surface area (Å²) in [4.78, 5) is 66.5. The number of aliphatic imine (C=N–C) groups is 1. The molecule has 2 aliphatic heterocycles. The Morgan fingerprint density at radius 2 is 1.56 bits per heavy atom. The number of hydrogen-bond donors (Lipinski definition) is 5. The minimum atomic E-state index is -4.96. The van der Waals surface area contributed by atoms with Crippen LogP contribution in [0.1, 0.15) is 16.7 Å². The Kier molecular flexibility index (Phi) is 5.79. The van der Waals surface area contributed by atoms with Gasteiger partial charge in [0.05, 0.1) is 16.3 Å². The number of urea groups is 1. The van der Waals surface area contributed by atoms with Gasteiger partial charge in [0.25, 0.3) is 17.4 Å². The van der Waals surface area contributed by atoms with Gasteiger partial charge in [-0.2, -0.15) is 0 Å². The van der Waals surface area contributed by atoms with Crippen molar-refractivity contribution in [3.63, 3.8) is 0 Å². The minimum Gasteiger partial charge on any atom is -0.744 e. The Labute approximate surface area is 198 Å². The smallest absolute Gasteiger partial charge is 0.744 e. The van der Waals surface area contributed by atoms with Crippen molar-refractivity contribution in [3.05, 3.63) is 61.3 Å². The molecule has 32 heavy (non-hydrogen) atoms. The van der Waals surface area contributed by atoms with Crippen LogP contribution >= 0.6 is 0 Å². The number of amides is 4. The van der Waals surface area contributed by atoms with Crippen molar-refractivity contribution in [1.29, 1.82) is 0 Å². The van der Waals surface area contributed by atoms with E-state index in [2.05, 4.69) is 4.99 Å². The van der Waals surface area contributed by atoms with Crippen LogP contribution in [-0.2, 0) is 19.7 Å². The van der Waals surface area contributed by atoms with Crippen LogP contribution in [0.25, 0.3) is 5.70 Å². The predicted octanol–water partition coefficient (Wildman–Crippen LogP) is -5.39. The molecule has 1 aromatic heterocycles. The molecule has 0 saturated carbocycles. The number of barbiturate groups is 1. The molecule has 2 aliphatic rings. The summed E-state index contributed by atoms with van der Waals surface area (Å²) in [5.41, 5.74) is -4.50. The van der Waals surface area contributed by atoms with Gasteiger partial charge in [-0.05, 0) is 12.1 Å². The van der Waals surface area contributed by atoms with Gasteiger partial charge in [-0.25, -0.2) is 23.0 Å². The standard InChI is InChI=1S/C16H9N5O9S.Na/c22-11-7(12(23)19-15(26)18-11)9-5-2-1-4(31(28,29)30)3-6(5)10(17-9)8-13(24)20-16(27)21-14(8)25;/h1-3H,(H,28,29,30)(H2,18,19,22,23,26)(H3,20,21,24,25,27);/q;+1/p-1. The monoisotopic (exact) mass is 469 g/mol. The van der Waals surface area contributed by atoms with Crippen LogP contribution in [0, 0.1) is 0 Å². The zero-order valence-corrected chi connectivity index (χ0v) is 18.6. The third-order valence-corrected chi connectivity index (χ3v) is 5.15. The molecule has 0 radical (unpaired) electrons. The quantitative estimate of drug-likeness (QED) is 0.122. The first-order valence-electron chi connectivity index (χ1n) is 8.13. The number of carbonyl (C=O) groups is 3. The Morgan fingerprint density at radius 3 is 2.12 bits per heavy atom. The SMILES string of the molecule is O=C1NC(=O)C(=C2N=C(c3c(O)[nH]c(=O)[nH]c3=O)c3cc(S(=O)(=O)[O-])ccc32)C(=O)N1.[Na+]. The molecule has 0 bridgehead atoms. The number of aromatic nitrogens is 2. The maximum atomic E-state index is 12.3. The van der Waals surface area contributed by atoms with E-state index in [-0.39, 0.29) is 46.4 Å². The van der Waals surface area contributed by atoms with Crippen LogP contribution in [0.15, 0.2) is 43.2 Å². The third kappa shape index (κ3) is 3.82. The molecule has 2 aromatic rings. The molecule has 158 valence electrons. The van der Waals surface area contributed by atoms with E-state index in [9.17, 15) is 42.0 Å². The van der Waals surface area contributed by atoms with Crippen molar-refractivity contribution >= 4 is 39.4 Å². The number of carbonyl (C=O) groups excluding carboxylic acids is 3. The van der Waals surface area contributed by atoms with Crippen molar-refractivity contribution in [2.45, 2.75) is 4.90 Å². The van der Waals surface area contributed by atoms with E-state index in [0.717, 1.165) is 18.2 Å². The largest absolute Gasteiger partial charge is 1.00 e. The van der Waals surface area contributed by atoms with Crippen LogP contribution in [0.5, 0.6) is 5.88 Å². The van der Waals surface area contributed by atoms with Crippen molar-refractivity contribution in [2.75, 3.05) is 0 Å². The zero-order valence-electron chi connectivity index (χ0n) is 15.8. The molecular weight excluding hydrogens is 461 g/mol. The number of aromatic hydroxyl groups is 1. The molecule has 1 saturated heterocycles.